The third-order valence-corrected chi connectivity index (χ3v) is 3.05. The number of aryl methyl sites for hydroxylation is 2. The molecule has 2 aromatic rings. The van der Waals surface area contributed by atoms with Crippen molar-refractivity contribution in [1.82, 2.24) is 18.9 Å². The number of hydrogen-bond donors (Lipinski definition) is 0. The maximum atomic E-state index is 12.1. The first-order valence-corrected chi connectivity index (χ1v) is 6.33. The molecule has 0 bridgehead atoms. The molecular weight excluding hydrogens is 228 g/mol. The molecule has 0 atom stereocenters. The molecule has 0 aliphatic carbocycles. The van der Waals surface area contributed by atoms with Crippen molar-refractivity contribution in [3.8, 4) is 0 Å². The van der Waals surface area contributed by atoms with Crippen molar-refractivity contribution in [2.45, 2.75) is 46.8 Å². The highest BCUT2D eigenvalue weighted by Crippen LogP contribution is 2.06. The van der Waals surface area contributed by atoms with Crippen molar-refractivity contribution >= 4 is 0 Å². The van der Waals surface area contributed by atoms with Gasteiger partial charge in [0.15, 0.2) is 0 Å². The van der Waals surface area contributed by atoms with Crippen molar-refractivity contribution in [1.29, 1.82) is 0 Å². The van der Waals surface area contributed by atoms with Crippen molar-refractivity contribution in [2.24, 2.45) is 0 Å². The van der Waals surface area contributed by atoms with E-state index < -0.39 is 0 Å². The van der Waals surface area contributed by atoms with Crippen molar-refractivity contribution in [3.05, 3.63) is 40.3 Å². The van der Waals surface area contributed by atoms with E-state index in [2.05, 4.69) is 12.0 Å². The highest BCUT2D eigenvalue weighted by atomic mass is 16.1. The molecule has 0 aliphatic heterocycles. The Bertz CT molecular complexity index is 588. The van der Waals surface area contributed by atoms with Gasteiger partial charge in [0.05, 0.1) is 17.9 Å². The second-order valence-corrected chi connectivity index (χ2v) is 4.80. The van der Waals surface area contributed by atoms with Gasteiger partial charge in [-0.2, -0.15) is 5.10 Å². The average Bonchev–Trinajstić information content (AvgIpc) is 2.84. The summed E-state index contributed by atoms with van der Waals surface area (Å²) in [5.41, 5.74) is 2.09. The fourth-order valence-electron chi connectivity index (χ4n) is 2.12. The summed E-state index contributed by atoms with van der Waals surface area (Å²) in [6.07, 6.45) is 3.68. The quantitative estimate of drug-likeness (QED) is 0.828. The third-order valence-electron chi connectivity index (χ3n) is 3.05. The second-order valence-electron chi connectivity index (χ2n) is 4.80. The maximum Gasteiger partial charge on any atom is 0.328 e. The minimum atomic E-state index is 0.0338. The summed E-state index contributed by atoms with van der Waals surface area (Å²) >= 11 is 0. The van der Waals surface area contributed by atoms with Crippen LogP contribution < -0.4 is 5.69 Å². The van der Waals surface area contributed by atoms with Gasteiger partial charge in [0.25, 0.3) is 0 Å². The van der Waals surface area contributed by atoms with E-state index in [1.165, 1.54) is 0 Å². The fourth-order valence-corrected chi connectivity index (χ4v) is 2.12. The number of aromatic nitrogens is 4. The van der Waals surface area contributed by atoms with Crippen LogP contribution in [0.1, 0.15) is 38.2 Å². The van der Waals surface area contributed by atoms with Crippen LogP contribution >= 0.6 is 0 Å². The Hall–Kier alpha value is -1.78. The summed E-state index contributed by atoms with van der Waals surface area (Å²) < 4.78 is 5.40. The second kappa shape index (κ2) is 4.84. The van der Waals surface area contributed by atoms with Crippen LogP contribution in [0.5, 0.6) is 0 Å². The van der Waals surface area contributed by atoms with Crippen LogP contribution in [0.4, 0.5) is 0 Å². The van der Waals surface area contributed by atoms with E-state index in [9.17, 15) is 4.79 Å². The first-order chi connectivity index (χ1) is 8.52. The molecule has 0 aliphatic rings. The lowest BCUT2D eigenvalue weighted by Crippen LogP contribution is -2.26. The number of hydrogen-bond acceptors (Lipinski definition) is 2. The zero-order chi connectivity index (χ0) is 13.3. The minimum Gasteiger partial charge on any atom is -0.297 e. The van der Waals surface area contributed by atoms with Gasteiger partial charge in [-0.1, -0.05) is 0 Å². The predicted molar refractivity (Wildman–Crippen MR) is 70.8 cm³/mol. The smallest absolute Gasteiger partial charge is 0.297 e. The Kier molecular flexibility index (Phi) is 3.41. The molecule has 0 spiro atoms. The average molecular weight is 248 g/mol. The van der Waals surface area contributed by atoms with Gasteiger partial charge in [0.2, 0.25) is 0 Å². The standard InChI is InChI=1S/C13H20N4O/c1-5-17-12(8-11(4)14-17)9-15-6-7-16(10(2)3)13(15)18/h6-8,10H,5,9H2,1-4H3. The molecule has 5 heteroatoms. The summed E-state index contributed by atoms with van der Waals surface area (Å²) in [4.78, 5) is 12.1. The largest absolute Gasteiger partial charge is 0.328 e. The molecule has 0 saturated carbocycles. The monoisotopic (exact) mass is 248 g/mol. The topological polar surface area (TPSA) is 44.8 Å². The fraction of sp³-hybridized carbons (Fsp3) is 0.538. The number of nitrogens with zero attached hydrogens (tertiary/aromatic N) is 4. The van der Waals surface area contributed by atoms with Gasteiger partial charge < -0.3 is 0 Å². The Morgan fingerprint density at radius 3 is 2.61 bits per heavy atom. The first kappa shape index (κ1) is 12.7. The molecule has 2 aromatic heterocycles. The minimum absolute atomic E-state index is 0.0338. The van der Waals surface area contributed by atoms with Gasteiger partial charge in [-0.3, -0.25) is 13.8 Å². The van der Waals surface area contributed by atoms with Gasteiger partial charge >= 0.3 is 5.69 Å². The highest BCUT2D eigenvalue weighted by Gasteiger charge is 2.09. The SMILES string of the molecule is CCn1nc(C)cc1Cn1ccn(C(C)C)c1=O. The molecule has 0 radical (unpaired) electrons. The number of rotatable bonds is 4. The van der Waals surface area contributed by atoms with Gasteiger partial charge in [0, 0.05) is 25.0 Å². The van der Waals surface area contributed by atoms with Gasteiger partial charge in [-0.15, -0.1) is 0 Å². The van der Waals surface area contributed by atoms with Crippen LogP contribution in [-0.2, 0) is 13.1 Å². The lowest BCUT2D eigenvalue weighted by Gasteiger charge is -2.06. The maximum absolute atomic E-state index is 12.1. The molecule has 0 N–H and O–H groups in total. The van der Waals surface area contributed by atoms with Crippen LogP contribution in [0.15, 0.2) is 23.3 Å². The van der Waals surface area contributed by atoms with Crippen LogP contribution in [0.25, 0.3) is 0 Å². The van der Waals surface area contributed by atoms with E-state index in [1.54, 1.807) is 9.13 Å². The molecular formula is C13H20N4O. The normalized spacial score (nSPS) is 11.4. The summed E-state index contributed by atoms with van der Waals surface area (Å²) in [5, 5.41) is 4.39. The van der Waals surface area contributed by atoms with Crippen molar-refractivity contribution in [2.75, 3.05) is 0 Å². The molecule has 18 heavy (non-hydrogen) atoms. The Morgan fingerprint density at radius 1 is 1.33 bits per heavy atom. The summed E-state index contributed by atoms with van der Waals surface area (Å²) in [6.45, 7) is 9.43. The lowest BCUT2D eigenvalue weighted by atomic mass is 10.3. The zero-order valence-electron chi connectivity index (χ0n) is 11.4. The molecule has 0 fully saturated rings. The Balaban J connectivity index is 2.31. The molecule has 2 heterocycles. The molecule has 98 valence electrons. The van der Waals surface area contributed by atoms with E-state index in [0.29, 0.717) is 6.54 Å². The summed E-state index contributed by atoms with van der Waals surface area (Å²) in [7, 11) is 0. The van der Waals surface area contributed by atoms with Crippen LogP contribution in [-0.4, -0.2) is 18.9 Å². The van der Waals surface area contributed by atoms with E-state index >= 15 is 0 Å². The Morgan fingerprint density at radius 2 is 2.06 bits per heavy atom. The summed E-state index contributed by atoms with van der Waals surface area (Å²) in [6, 6.07) is 2.22. The molecule has 0 aromatic carbocycles. The number of imidazole rings is 1. The van der Waals surface area contributed by atoms with Gasteiger partial charge in [0.1, 0.15) is 0 Å². The van der Waals surface area contributed by atoms with Gasteiger partial charge in [-0.05, 0) is 33.8 Å². The van der Waals surface area contributed by atoms with E-state index in [-0.39, 0.29) is 11.7 Å². The van der Waals surface area contributed by atoms with Crippen LogP contribution in [0.3, 0.4) is 0 Å². The predicted octanol–water partition coefficient (Wildman–Crippen LogP) is 1.80. The van der Waals surface area contributed by atoms with Crippen molar-refractivity contribution in [3.63, 3.8) is 0 Å². The molecule has 0 unspecified atom stereocenters. The van der Waals surface area contributed by atoms with Crippen LogP contribution in [0.2, 0.25) is 0 Å². The first-order valence-electron chi connectivity index (χ1n) is 6.33. The van der Waals surface area contributed by atoms with E-state index in [1.807, 2.05) is 43.9 Å². The Labute approximate surface area is 107 Å². The molecule has 2 rings (SSSR count). The molecule has 0 amide bonds. The van der Waals surface area contributed by atoms with Gasteiger partial charge in [-0.25, -0.2) is 4.79 Å². The van der Waals surface area contributed by atoms with E-state index in [0.717, 1.165) is 17.9 Å². The van der Waals surface area contributed by atoms with Crippen LogP contribution in [0, 0.1) is 6.92 Å². The molecule has 0 saturated heterocycles. The lowest BCUT2D eigenvalue weighted by molar-refractivity contribution is 0.548. The van der Waals surface area contributed by atoms with E-state index in [4.69, 9.17) is 0 Å². The molecule has 5 nitrogen and oxygen atoms in total. The zero-order valence-corrected chi connectivity index (χ0v) is 11.4. The highest BCUT2D eigenvalue weighted by molar-refractivity contribution is 5.09. The van der Waals surface area contributed by atoms with Crippen molar-refractivity contribution < 1.29 is 0 Å². The summed E-state index contributed by atoms with van der Waals surface area (Å²) in [5.74, 6) is 0. The third kappa shape index (κ3) is 2.25.